The Morgan fingerprint density at radius 2 is 1.96 bits per heavy atom. The van der Waals surface area contributed by atoms with Crippen LogP contribution in [-0.2, 0) is 18.2 Å². The molecule has 0 spiro atoms. The van der Waals surface area contributed by atoms with Gasteiger partial charge in [0, 0.05) is 13.2 Å². The zero-order chi connectivity index (χ0) is 17.4. The van der Waals surface area contributed by atoms with E-state index in [2.05, 4.69) is 0 Å². The van der Waals surface area contributed by atoms with Gasteiger partial charge in [-0.15, -0.1) is 0 Å². The number of aromatic nitrogens is 1. The molecular weight excluding hydrogens is 306 g/mol. The lowest BCUT2D eigenvalue weighted by molar-refractivity contribution is 0.0526. The number of hydrogen-bond acceptors (Lipinski definition) is 4. The summed E-state index contributed by atoms with van der Waals surface area (Å²) in [6.45, 7) is 2.77. The number of aldehydes is 1. The topological polar surface area (TPSA) is 57.5 Å². The molecule has 0 fully saturated rings. The summed E-state index contributed by atoms with van der Waals surface area (Å²) in [6.07, 6.45) is 5.69. The van der Waals surface area contributed by atoms with Crippen LogP contribution in [0, 0.1) is 0 Å². The highest BCUT2D eigenvalue weighted by Crippen LogP contribution is 2.14. The minimum atomic E-state index is -0.318. The molecule has 0 aliphatic carbocycles. The maximum Gasteiger partial charge on any atom is 0.338 e. The van der Waals surface area contributed by atoms with E-state index in [0.717, 1.165) is 31.3 Å². The fourth-order valence-electron chi connectivity index (χ4n) is 2.43. The van der Waals surface area contributed by atoms with Crippen molar-refractivity contribution in [1.29, 1.82) is 0 Å². The minimum absolute atomic E-state index is 0.318. The van der Waals surface area contributed by atoms with E-state index < -0.39 is 0 Å². The van der Waals surface area contributed by atoms with Crippen molar-refractivity contribution in [2.24, 2.45) is 7.05 Å². The molecular formula is C19H23NO4. The number of hydrogen-bond donors (Lipinski definition) is 0. The van der Waals surface area contributed by atoms with Crippen LogP contribution in [0.4, 0.5) is 0 Å². The van der Waals surface area contributed by atoms with Gasteiger partial charge in [0.25, 0.3) is 0 Å². The molecule has 128 valence electrons. The summed E-state index contributed by atoms with van der Waals surface area (Å²) in [4.78, 5) is 22.4. The van der Waals surface area contributed by atoms with Gasteiger partial charge >= 0.3 is 5.97 Å². The molecule has 0 unspecified atom stereocenters. The summed E-state index contributed by atoms with van der Waals surface area (Å²) in [6, 6.07) is 8.89. The molecule has 2 rings (SSSR count). The summed E-state index contributed by atoms with van der Waals surface area (Å²) in [5, 5.41) is 0. The van der Waals surface area contributed by atoms with Gasteiger partial charge < -0.3 is 14.0 Å². The van der Waals surface area contributed by atoms with E-state index >= 15 is 0 Å². The quantitative estimate of drug-likeness (QED) is 0.402. The van der Waals surface area contributed by atoms with Crippen molar-refractivity contribution in [3.05, 3.63) is 53.3 Å². The van der Waals surface area contributed by atoms with Crippen LogP contribution in [0.25, 0.3) is 0 Å². The highest BCUT2D eigenvalue weighted by Gasteiger charge is 2.06. The molecule has 0 atom stereocenters. The van der Waals surface area contributed by atoms with Gasteiger partial charge in [0.15, 0.2) is 6.29 Å². The van der Waals surface area contributed by atoms with Crippen LogP contribution < -0.4 is 4.74 Å². The number of ether oxygens (including phenoxy) is 2. The normalized spacial score (nSPS) is 10.4. The van der Waals surface area contributed by atoms with Crippen LogP contribution in [-0.4, -0.2) is 30.0 Å². The zero-order valence-electron chi connectivity index (χ0n) is 14.2. The Bertz CT molecular complexity index is 673. The first-order valence-electron chi connectivity index (χ1n) is 8.14. The lowest BCUT2D eigenvalue weighted by Crippen LogP contribution is -2.04. The third-order valence-corrected chi connectivity index (χ3v) is 3.71. The third kappa shape index (κ3) is 4.98. The van der Waals surface area contributed by atoms with Gasteiger partial charge in [-0.2, -0.15) is 0 Å². The van der Waals surface area contributed by atoms with Crippen LogP contribution in [0.3, 0.4) is 0 Å². The van der Waals surface area contributed by atoms with Gasteiger partial charge in [-0.3, -0.25) is 4.79 Å². The molecule has 0 aliphatic heterocycles. The molecule has 5 heteroatoms. The Morgan fingerprint density at radius 1 is 1.21 bits per heavy atom. The predicted molar refractivity (Wildman–Crippen MR) is 91.6 cm³/mol. The summed E-state index contributed by atoms with van der Waals surface area (Å²) < 4.78 is 12.5. The van der Waals surface area contributed by atoms with E-state index in [0.29, 0.717) is 24.5 Å². The molecule has 1 aromatic heterocycles. The molecule has 0 radical (unpaired) electrons. The smallest absolute Gasteiger partial charge is 0.338 e. The maximum absolute atomic E-state index is 11.6. The van der Waals surface area contributed by atoms with E-state index in [9.17, 15) is 9.59 Å². The fraction of sp³-hybridized carbons (Fsp3) is 0.368. The van der Waals surface area contributed by atoms with Crippen molar-refractivity contribution < 1.29 is 19.1 Å². The van der Waals surface area contributed by atoms with Crippen LogP contribution in [0.15, 0.2) is 36.5 Å². The zero-order valence-corrected chi connectivity index (χ0v) is 14.2. The second kappa shape index (κ2) is 8.91. The second-order valence-corrected chi connectivity index (χ2v) is 5.55. The van der Waals surface area contributed by atoms with Crippen molar-refractivity contribution in [3.8, 4) is 5.75 Å². The minimum Gasteiger partial charge on any atom is -0.494 e. The molecule has 1 aromatic carbocycles. The Morgan fingerprint density at radius 3 is 2.58 bits per heavy atom. The molecule has 0 amide bonds. The van der Waals surface area contributed by atoms with Crippen molar-refractivity contribution in [2.75, 3.05) is 13.2 Å². The Kier molecular flexibility index (Phi) is 6.61. The van der Waals surface area contributed by atoms with Crippen LogP contribution in [0.1, 0.15) is 46.2 Å². The SMILES string of the molecule is CCOC(=O)c1ccc(OCCCCc2cc(C=O)n(C)c2)cc1. The number of carbonyl (C=O) groups excluding carboxylic acids is 2. The molecule has 2 aromatic rings. The Balaban J connectivity index is 1.70. The average Bonchev–Trinajstić information content (AvgIpc) is 2.95. The first-order valence-corrected chi connectivity index (χ1v) is 8.14. The average molecular weight is 329 g/mol. The largest absolute Gasteiger partial charge is 0.494 e. The lowest BCUT2D eigenvalue weighted by Gasteiger charge is -2.07. The Hall–Kier alpha value is -2.56. The third-order valence-electron chi connectivity index (χ3n) is 3.71. The van der Waals surface area contributed by atoms with Gasteiger partial charge in [-0.1, -0.05) is 0 Å². The highest BCUT2D eigenvalue weighted by atomic mass is 16.5. The highest BCUT2D eigenvalue weighted by molar-refractivity contribution is 5.89. The molecule has 0 aliphatic rings. The van der Waals surface area contributed by atoms with Crippen LogP contribution in [0.5, 0.6) is 5.75 Å². The number of esters is 1. The van der Waals surface area contributed by atoms with E-state index in [1.54, 1.807) is 31.2 Å². The predicted octanol–water partition coefficient (Wildman–Crippen LogP) is 3.42. The summed E-state index contributed by atoms with van der Waals surface area (Å²) in [5.41, 5.74) is 2.39. The van der Waals surface area contributed by atoms with Crippen LogP contribution >= 0.6 is 0 Å². The van der Waals surface area contributed by atoms with Crippen LogP contribution in [0.2, 0.25) is 0 Å². The molecule has 5 nitrogen and oxygen atoms in total. The molecule has 24 heavy (non-hydrogen) atoms. The number of carbonyl (C=O) groups is 2. The van der Waals surface area contributed by atoms with Gasteiger partial charge in [0.1, 0.15) is 5.75 Å². The van der Waals surface area contributed by atoms with E-state index in [1.165, 1.54) is 5.56 Å². The molecule has 0 saturated carbocycles. The molecule has 0 N–H and O–H groups in total. The summed E-state index contributed by atoms with van der Waals surface area (Å²) in [7, 11) is 1.87. The van der Waals surface area contributed by atoms with E-state index in [1.807, 2.05) is 23.9 Å². The summed E-state index contributed by atoms with van der Waals surface area (Å²) >= 11 is 0. The van der Waals surface area contributed by atoms with Crippen molar-refractivity contribution in [1.82, 2.24) is 4.57 Å². The monoisotopic (exact) mass is 329 g/mol. The van der Waals surface area contributed by atoms with Crippen molar-refractivity contribution in [3.63, 3.8) is 0 Å². The number of unbranched alkanes of at least 4 members (excludes halogenated alkanes) is 1. The van der Waals surface area contributed by atoms with Gasteiger partial charge in [0.05, 0.1) is 24.5 Å². The number of aryl methyl sites for hydroxylation is 2. The number of benzene rings is 1. The van der Waals surface area contributed by atoms with Crippen molar-refractivity contribution >= 4 is 12.3 Å². The van der Waals surface area contributed by atoms with Crippen molar-refractivity contribution in [2.45, 2.75) is 26.2 Å². The molecule has 0 saturated heterocycles. The number of nitrogens with zero attached hydrogens (tertiary/aromatic N) is 1. The molecule has 0 bridgehead atoms. The standard InChI is InChI=1S/C19H23NO4/c1-3-23-19(22)16-7-9-18(10-8-16)24-11-5-4-6-15-12-17(14-21)20(2)13-15/h7-10,12-14H,3-6,11H2,1-2H3. The maximum atomic E-state index is 11.6. The first-order chi connectivity index (χ1) is 11.6. The van der Waals surface area contributed by atoms with Gasteiger partial charge in [-0.05, 0) is 62.1 Å². The van der Waals surface area contributed by atoms with Gasteiger partial charge in [0.2, 0.25) is 0 Å². The fourth-order valence-corrected chi connectivity index (χ4v) is 2.43. The summed E-state index contributed by atoms with van der Waals surface area (Å²) in [5.74, 6) is 0.424. The number of rotatable bonds is 9. The van der Waals surface area contributed by atoms with E-state index in [-0.39, 0.29) is 5.97 Å². The Labute approximate surface area is 142 Å². The first kappa shape index (κ1) is 17.8. The molecule has 1 heterocycles. The second-order valence-electron chi connectivity index (χ2n) is 5.55. The van der Waals surface area contributed by atoms with Gasteiger partial charge in [-0.25, -0.2) is 4.79 Å². The lowest BCUT2D eigenvalue weighted by atomic mass is 10.1. The van der Waals surface area contributed by atoms with E-state index in [4.69, 9.17) is 9.47 Å².